The Morgan fingerprint density at radius 1 is 1.33 bits per heavy atom. The van der Waals surface area contributed by atoms with Crippen LogP contribution in [0.1, 0.15) is 22.0 Å². The molecule has 21 heavy (non-hydrogen) atoms. The molecule has 2 aromatic heterocycles. The molecule has 2 aromatic rings. The molecule has 0 aliphatic heterocycles. The predicted molar refractivity (Wildman–Crippen MR) is 85.9 cm³/mol. The number of amides is 1. The standard InChI is InChI=1S/C12H15N5OS3/c13-11-16-17-12(21-11)19-6-9(18)14-5-4-10-15-7-2-1-3-8(7)20-10/h1-6H2,(H2,13,16)(H,14,18). The number of aryl methyl sites for hydroxylation is 2. The van der Waals surface area contributed by atoms with Crippen LogP contribution in [-0.2, 0) is 24.1 Å². The number of carbonyl (C=O) groups excluding carboxylic acids is 1. The van der Waals surface area contributed by atoms with E-state index in [2.05, 4.69) is 20.5 Å². The van der Waals surface area contributed by atoms with E-state index < -0.39 is 0 Å². The van der Waals surface area contributed by atoms with E-state index in [4.69, 9.17) is 5.73 Å². The van der Waals surface area contributed by atoms with Crippen LogP contribution < -0.4 is 11.1 Å². The first kappa shape index (κ1) is 14.7. The van der Waals surface area contributed by atoms with E-state index >= 15 is 0 Å². The molecule has 1 aliphatic carbocycles. The number of rotatable bonds is 6. The number of aromatic nitrogens is 3. The fraction of sp³-hybridized carbons (Fsp3) is 0.500. The topological polar surface area (TPSA) is 93.8 Å². The van der Waals surface area contributed by atoms with E-state index in [9.17, 15) is 4.79 Å². The Hall–Kier alpha value is -1.19. The second kappa shape index (κ2) is 6.71. The second-order valence-corrected chi connectivity index (χ2v) is 8.03. The zero-order valence-corrected chi connectivity index (χ0v) is 13.7. The van der Waals surface area contributed by atoms with Crippen LogP contribution in [-0.4, -0.2) is 33.4 Å². The maximum absolute atomic E-state index is 11.7. The summed E-state index contributed by atoms with van der Waals surface area (Å²) in [7, 11) is 0. The minimum Gasteiger partial charge on any atom is -0.374 e. The van der Waals surface area contributed by atoms with Crippen LogP contribution in [0.3, 0.4) is 0 Å². The first-order valence-electron chi connectivity index (χ1n) is 6.66. The maximum atomic E-state index is 11.7. The van der Waals surface area contributed by atoms with Crippen LogP contribution in [0.25, 0.3) is 0 Å². The van der Waals surface area contributed by atoms with Crippen LogP contribution in [0.15, 0.2) is 4.34 Å². The van der Waals surface area contributed by atoms with Gasteiger partial charge in [0.15, 0.2) is 4.34 Å². The average molecular weight is 341 g/mol. The van der Waals surface area contributed by atoms with Crippen LogP contribution in [0.2, 0.25) is 0 Å². The first-order valence-corrected chi connectivity index (χ1v) is 9.28. The number of thiazole rings is 1. The van der Waals surface area contributed by atoms with Crippen molar-refractivity contribution < 1.29 is 4.79 Å². The third-order valence-corrected chi connectivity index (χ3v) is 6.15. The smallest absolute Gasteiger partial charge is 0.230 e. The fourth-order valence-corrected chi connectivity index (χ4v) is 4.74. The number of nitrogens with two attached hydrogens (primary N) is 1. The summed E-state index contributed by atoms with van der Waals surface area (Å²) in [5.41, 5.74) is 6.75. The van der Waals surface area contributed by atoms with Crippen molar-refractivity contribution in [1.29, 1.82) is 0 Å². The average Bonchev–Trinajstić information content (AvgIpc) is 3.12. The van der Waals surface area contributed by atoms with E-state index in [0.717, 1.165) is 22.2 Å². The lowest BCUT2D eigenvalue weighted by Gasteiger charge is -2.02. The van der Waals surface area contributed by atoms with Crippen LogP contribution in [0.4, 0.5) is 5.13 Å². The van der Waals surface area contributed by atoms with Crippen molar-refractivity contribution >= 4 is 45.5 Å². The molecular formula is C12H15N5OS3. The monoisotopic (exact) mass is 341 g/mol. The summed E-state index contributed by atoms with van der Waals surface area (Å²) in [5, 5.41) is 12.0. The Kier molecular flexibility index (Phi) is 4.71. The highest BCUT2D eigenvalue weighted by molar-refractivity contribution is 8.01. The minimum atomic E-state index is -0.00197. The van der Waals surface area contributed by atoms with E-state index in [0.29, 0.717) is 17.4 Å². The maximum Gasteiger partial charge on any atom is 0.230 e. The van der Waals surface area contributed by atoms with Gasteiger partial charge in [-0.15, -0.1) is 21.5 Å². The van der Waals surface area contributed by atoms with Crippen LogP contribution in [0, 0.1) is 0 Å². The molecule has 9 heteroatoms. The zero-order chi connectivity index (χ0) is 14.7. The number of anilines is 1. The fourth-order valence-electron chi connectivity index (χ4n) is 2.12. The van der Waals surface area contributed by atoms with Gasteiger partial charge in [-0.25, -0.2) is 4.98 Å². The lowest BCUT2D eigenvalue weighted by molar-refractivity contribution is -0.118. The zero-order valence-electron chi connectivity index (χ0n) is 11.3. The number of nitrogen functional groups attached to an aromatic ring is 1. The highest BCUT2D eigenvalue weighted by Crippen LogP contribution is 2.27. The molecule has 0 unspecified atom stereocenters. The van der Waals surface area contributed by atoms with Crippen LogP contribution >= 0.6 is 34.4 Å². The van der Waals surface area contributed by atoms with Crippen molar-refractivity contribution in [1.82, 2.24) is 20.5 Å². The largest absolute Gasteiger partial charge is 0.374 e. The summed E-state index contributed by atoms with van der Waals surface area (Å²) in [6.45, 7) is 0.629. The Bertz CT molecular complexity index is 617. The predicted octanol–water partition coefficient (Wildman–Crippen LogP) is 1.52. The van der Waals surface area contributed by atoms with E-state index in [1.54, 1.807) is 11.3 Å². The van der Waals surface area contributed by atoms with Crippen LogP contribution in [0.5, 0.6) is 0 Å². The van der Waals surface area contributed by atoms with E-state index in [1.807, 2.05) is 0 Å². The first-order chi connectivity index (χ1) is 10.2. The van der Waals surface area contributed by atoms with Gasteiger partial charge in [0.2, 0.25) is 11.0 Å². The third-order valence-electron chi connectivity index (χ3n) is 3.05. The molecule has 0 aromatic carbocycles. The molecule has 3 rings (SSSR count). The Morgan fingerprint density at radius 3 is 3.00 bits per heavy atom. The number of fused-ring (bicyclic) bond motifs is 1. The molecule has 1 aliphatic rings. The number of nitrogens with one attached hydrogen (secondary N) is 1. The van der Waals surface area contributed by atoms with Crippen molar-refractivity contribution in [2.45, 2.75) is 30.0 Å². The van der Waals surface area contributed by atoms with Crippen molar-refractivity contribution in [3.05, 3.63) is 15.6 Å². The molecule has 0 bridgehead atoms. The summed E-state index contributed by atoms with van der Waals surface area (Å²) < 4.78 is 0.721. The lowest BCUT2D eigenvalue weighted by Crippen LogP contribution is -2.27. The Labute approximate surface area is 134 Å². The van der Waals surface area contributed by atoms with Gasteiger partial charge >= 0.3 is 0 Å². The quantitative estimate of drug-likeness (QED) is 0.774. The molecule has 6 nitrogen and oxygen atoms in total. The summed E-state index contributed by atoms with van der Waals surface area (Å²) in [5.74, 6) is 0.334. The normalized spacial score (nSPS) is 13.3. The molecule has 0 saturated heterocycles. The van der Waals surface area contributed by atoms with Gasteiger partial charge in [0, 0.05) is 17.8 Å². The SMILES string of the molecule is Nc1nnc(SCC(=O)NCCc2nc3c(s2)CCC3)s1. The second-order valence-electron chi connectivity index (χ2n) is 4.63. The van der Waals surface area contributed by atoms with Gasteiger partial charge in [-0.05, 0) is 19.3 Å². The Balaban J connectivity index is 1.37. The van der Waals surface area contributed by atoms with Gasteiger partial charge in [-0.3, -0.25) is 4.79 Å². The molecule has 0 radical (unpaired) electrons. The van der Waals surface area contributed by atoms with Crippen molar-refractivity contribution in [2.75, 3.05) is 18.0 Å². The summed E-state index contributed by atoms with van der Waals surface area (Å²) >= 11 is 4.44. The van der Waals surface area contributed by atoms with Gasteiger partial charge in [0.25, 0.3) is 0 Å². The highest BCUT2D eigenvalue weighted by Gasteiger charge is 2.16. The van der Waals surface area contributed by atoms with E-state index in [1.165, 1.54) is 46.5 Å². The third kappa shape index (κ3) is 3.92. The van der Waals surface area contributed by atoms with Crippen molar-refractivity contribution in [3.8, 4) is 0 Å². The van der Waals surface area contributed by atoms with E-state index in [-0.39, 0.29) is 5.91 Å². The molecule has 0 atom stereocenters. The number of hydrogen-bond donors (Lipinski definition) is 2. The molecule has 1 amide bonds. The Morgan fingerprint density at radius 2 is 2.24 bits per heavy atom. The number of carbonyl (C=O) groups is 1. The molecule has 0 saturated carbocycles. The number of thioether (sulfide) groups is 1. The van der Waals surface area contributed by atoms with Crippen molar-refractivity contribution in [2.24, 2.45) is 0 Å². The van der Waals surface area contributed by atoms with Gasteiger partial charge in [0.1, 0.15) is 0 Å². The summed E-state index contributed by atoms with van der Waals surface area (Å²) in [4.78, 5) is 17.8. The highest BCUT2D eigenvalue weighted by atomic mass is 32.2. The van der Waals surface area contributed by atoms with Gasteiger partial charge < -0.3 is 11.1 Å². The number of hydrogen-bond acceptors (Lipinski definition) is 8. The molecule has 0 spiro atoms. The molecule has 112 valence electrons. The lowest BCUT2D eigenvalue weighted by atomic mass is 10.3. The molecular weight excluding hydrogens is 326 g/mol. The minimum absolute atomic E-state index is 0.00197. The van der Waals surface area contributed by atoms with Gasteiger partial charge in [0.05, 0.1) is 16.5 Å². The summed E-state index contributed by atoms with van der Waals surface area (Å²) in [6.07, 6.45) is 4.32. The number of nitrogens with zero attached hydrogens (tertiary/aromatic N) is 3. The molecule has 0 fully saturated rings. The molecule has 2 heterocycles. The molecule has 3 N–H and O–H groups in total. The van der Waals surface area contributed by atoms with Gasteiger partial charge in [-0.1, -0.05) is 23.1 Å². The van der Waals surface area contributed by atoms with Crippen molar-refractivity contribution in [3.63, 3.8) is 0 Å². The van der Waals surface area contributed by atoms with Gasteiger partial charge in [-0.2, -0.15) is 0 Å². The summed E-state index contributed by atoms with van der Waals surface area (Å²) in [6, 6.07) is 0.